The second-order valence-corrected chi connectivity index (χ2v) is 12.9. The van der Waals surface area contributed by atoms with Crippen molar-refractivity contribution >= 4 is 23.4 Å². The number of nitrogens with one attached hydrogen (secondary N) is 1. The molecule has 0 saturated heterocycles. The van der Waals surface area contributed by atoms with Crippen LogP contribution in [-0.4, -0.2) is 84.2 Å². The van der Waals surface area contributed by atoms with E-state index in [9.17, 15) is 19.5 Å². The molecule has 4 rings (SSSR count). The molecule has 1 fully saturated rings. The zero-order valence-corrected chi connectivity index (χ0v) is 27.4. The molecule has 0 spiro atoms. The molecule has 1 aliphatic carbocycles. The van der Waals surface area contributed by atoms with Gasteiger partial charge in [-0.2, -0.15) is 0 Å². The van der Waals surface area contributed by atoms with E-state index in [-0.39, 0.29) is 48.4 Å². The molecule has 1 aliphatic heterocycles. The topological polar surface area (TPSA) is 108 Å². The van der Waals surface area contributed by atoms with Crippen molar-refractivity contribution in [1.82, 2.24) is 9.80 Å². The smallest absolute Gasteiger partial charge is 0.258 e. The first-order chi connectivity index (χ1) is 21.7. The first-order valence-corrected chi connectivity index (χ1v) is 16.6. The van der Waals surface area contributed by atoms with Gasteiger partial charge in [0.05, 0.1) is 30.4 Å². The number of amides is 3. The van der Waals surface area contributed by atoms with Crippen LogP contribution in [0.1, 0.15) is 92.9 Å². The predicted octanol–water partition coefficient (Wildman–Crippen LogP) is 5.77. The van der Waals surface area contributed by atoms with Crippen LogP contribution in [0.5, 0.6) is 5.75 Å². The minimum atomic E-state index is -0.483. The predicted molar refractivity (Wildman–Crippen MR) is 175 cm³/mol. The Kier molecular flexibility index (Phi) is 12.8. The summed E-state index contributed by atoms with van der Waals surface area (Å²) >= 11 is 0. The lowest BCUT2D eigenvalue weighted by Crippen LogP contribution is -2.48. The van der Waals surface area contributed by atoms with Crippen LogP contribution in [0, 0.1) is 11.8 Å². The van der Waals surface area contributed by atoms with Gasteiger partial charge in [0.15, 0.2) is 0 Å². The number of hydrogen-bond donors (Lipinski definition) is 2. The molecule has 2 N–H and O–H groups in total. The number of aliphatic hydroxyl groups excluding tert-OH is 1. The zero-order chi connectivity index (χ0) is 32.3. The average Bonchev–Trinajstić information content (AvgIpc) is 3.06. The Morgan fingerprint density at radius 2 is 1.73 bits per heavy atom. The molecule has 9 heteroatoms. The largest absolute Gasteiger partial charge is 0.490 e. The van der Waals surface area contributed by atoms with Gasteiger partial charge in [0.25, 0.3) is 11.8 Å². The van der Waals surface area contributed by atoms with Crippen molar-refractivity contribution in [2.45, 2.75) is 90.4 Å². The molecular weight excluding hydrogens is 570 g/mol. The molecule has 45 heavy (non-hydrogen) atoms. The number of ether oxygens (including phenoxy) is 2. The highest BCUT2D eigenvalue weighted by Crippen LogP contribution is 2.29. The standard InChI is InChI=1S/C36H51N3O6/c1-25-22-39(26(2)24-40)36(43)31-21-30(37-34(41)28-14-7-5-8-15-28)18-19-32(31)45-27(3)13-11-12-20-44-33(25)23-38(4)35(42)29-16-9-6-10-17-29/h5,7-8,14-15,18-19,21,25-27,29,33,40H,6,9-13,16-17,20,22-24H2,1-4H3,(H,37,41)/t25-,26+,27-,33-/m0/s1. The highest BCUT2D eigenvalue weighted by atomic mass is 16.5. The second-order valence-electron chi connectivity index (χ2n) is 12.9. The summed E-state index contributed by atoms with van der Waals surface area (Å²) in [7, 11) is 1.86. The van der Waals surface area contributed by atoms with Gasteiger partial charge in [-0.25, -0.2) is 0 Å². The van der Waals surface area contributed by atoms with Crippen LogP contribution in [0.25, 0.3) is 0 Å². The highest BCUT2D eigenvalue weighted by Gasteiger charge is 2.32. The number of likely N-dealkylation sites (N-methyl/N-ethyl adjacent to an activating group) is 1. The Hall–Kier alpha value is -3.43. The van der Waals surface area contributed by atoms with Crippen LogP contribution < -0.4 is 10.1 Å². The van der Waals surface area contributed by atoms with Crippen molar-refractivity contribution in [3.63, 3.8) is 0 Å². The first-order valence-electron chi connectivity index (χ1n) is 16.6. The Balaban J connectivity index is 1.61. The molecular formula is C36H51N3O6. The number of hydrogen-bond acceptors (Lipinski definition) is 6. The van der Waals surface area contributed by atoms with E-state index in [1.54, 1.807) is 47.4 Å². The van der Waals surface area contributed by atoms with Crippen LogP contribution in [0.15, 0.2) is 48.5 Å². The molecule has 0 bridgehead atoms. The molecule has 0 unspecified atom stereocenters. The van der Waals surface area contributed by atoms with Crippen molar-refractivity contribution in [3.8, 4) is 5.75 Å². The number of carbonyl (C=O) groups excluding carboxylic acids is 3. The van der Waals surface area contributed by atoms with Crippen molar-refractivity contribution in [2.24, 2.45) is 11.8 Å². The number of aliphatic hydroxyl groups is 1. The zero-order valence-electron chi connectivity index (χ0n) is 27.4. The first kappa shape index (κ1) is 34.4. The van der Waals surface area contributed by atoms with Gasteiger partial charge < -0.3 is 29.7 Å². The lowest BCUT2D eigenvalue weighted by Gasteiger charge is -2.36. The average molecular weight is 622 g/mol. The fourth-order valence-corrected chi connectivity index (χ4v) is 6.28. The van der Waals surface area contributed by atoms with Crippen molar-refractivity contribution < 1.29 is 29.0 Å². The Morgan fingerprint density at radius 3 is 2.44 bits per heavy atom. The Labute approximate surface area is 268 Å². The van der Waals surface area contributed by atoms with Gasteiger partial charge in [-0.3, -0.25) is 14.4 Å². The third kappa shape index (κ3) is 9.53. The van der Waals surface area contributed by atoms with Gasteiger partial charge in [0.2, 0.25) is 5.91 Å². The summed E-state index contributed by atoms with van der Waals surface area (Å²) in [6.07, 6.45) is 7.35. The van der Waals surface area contributed by atoms with Crippen LogP contribution in [0.4, 0.5) is 5.69 Å². The van der Waals surface area contributed by atoms with Gasteiger partial charge in [0, 0.05) is 49.8 Å². The van der Waals surface area contributed by atoms with Gasteiger partial charge in [-0.1, -0.05) is 44.4 Å². The van der Waals surface area contributed by atoms with Crippen molar-refractivity contribution in [2.75, 3.05) is 38.7 Å². The quantitative estimate of drug-likeness (QED) is 0.406. The molecule has 246 valence electrons. The van der Waals surface area contributed by atoms with E-state index >= 15 is 0 Å². The number of anilines is 1. The number of carbonyl (C=O) groups is 3. The molecule has 1 heterocycles. The van der Waals surface area contributed by atoms with Crippen LogP contribution in [0.3, 0.4) is 0 Å². The van der Waals surface area contributed by atoms with E-state index in [0.717, 1.165) is 44.9 Å². The molecule has 3 amide bonds. The summed E-state index contributed by atoms with van der Waals surface area (Å²) in [6, 6.07) is 13.6. The van der Waals surface area contributed by atoms with Crippen LogP contribution in [-0.2, 0) is 9.53 Å². The molecule has 1 saturated carbocycles. The van der Waals surface area contributed by atoms with E-state index in [2.05, 4.69) is 5.32 Å². The van der Waals surface area contributed by atoms with Gasteiger partial charge >= 0.3 is 0 Å². The lowest BCUT2D eigenvalue weighted by molar-refractivity contribution is -0.137. The maximum Gasteiger partial charge on any atom is 0.258 e. The molecule has 2 aromatic rings. The summed E-state index contributed by atoms with van der Waals surface area (Å²) in [6.45, 7) is 6.92. The fourth-order valence-electron chi connectivity index (χ4n) is 6.28. The lowest BCUT2D eigenvalue weighted by atomic mass is 9.88. The molecule has 9 nitrogen and oxygen atoms in total. The third-order valence-electron chi connectivity index (χ3n) is 9.13. The van der Waals surface area contributed by atoms with Crippen molar-refractivity contribution in [1.29, 1.82) is 0 Å². The molecule has 2 aromatic carbocycles. The normalized spacial score (nSPS) is 22.8. The summed E-state index contributed by atoms with van der Waals surface area (Å²) in [5.74, 6) is -0.0262. The van der Waals surface area contributed by atoms with Crippen LogP contribution >= 0.6 is 0 Å². The summed E-state index contributed by atoms with van der Waals surface area (Å²) in [5, 5.41) is 13.1. The fraction of sp³-hybridized carbons (Fsp3) is 0.583. The highest BCUT2D eigenvalue weighted by molar-refractivity contribution is 6.05. The minimum Gasteiger partial charge on any atom is -0.490 e. The SMILES string of the molecule is C[C@H](CO)N1C[C@H](C)[C@H](CN(C)C(=O)C2CCCCC2)OCCCC[C@H](C)Oc2ccc(NC(=O)c3ccccc3)cc2C1=O. The third-order valence-corrected chi connectivity index (χ3v) is 9.13. The minimum absolute atomic E-state index is 0.0691. The Morgan fingerprint density at radius 1 is 1.02 bits per heavy atom. The van der Waals surface area contributed by atoms with Gasteiger partial charge in [-0.15, -0.1) is 0 Å². The summed E-state index contributed by atoms with van der Waals surface area (Å²) in [4.78, 5) is 44.0. The summed E-state index contributed by atoms with van der Waals surface area (Å²) in [5.41, 5.74) is 1.30. The maximum atomic E-state index is 14.3. The maximum absolute atomic E-state index is 14.3. The molecule has 0 aromatic heterocycles. The van der Waals surface area contributed by atoms with Crippen LogP contribution in [0.2, 0.25) is 0 Å². The molecule has 4 atom stereocenters. The number of rotatable bonds is 7. The number of nitrogens with zero attached hydrogens (tertiary/aromatic N) is 2. The summed E-state index contributed by atoms with van der Waals surface area (Å²) < 4.78 is 12.7. The van der Waals surface area contributed by atoms with E-state index in [0.29, 0.717) is 42.3 Å². The number of benzene rings is 2. The monoisotopic (exact) mass is 621 g/mol. The molecule has 2 aliphatic rings. The van der Waals surface area contributed by atoms with Gasteiger partial charge in [-0.05, 0) is 76.3 Å². The van der Waals surface area contributed by atoms with E-state index in [4.69, 9.17) is 9.47 Å². The second kappa shape index (κ2) is 16.8. The van der Waals surface area contributed by atoms with E-state index in [1.165, 1.54) is 6.42 Å². The Bertz CT molecular complexity index is 1260. The number of fused-ring (bicyclic) bond motifs is 1. The van der Waals surface area contributed by atoms with E-state index in [1.807, 2.05) is 38.8 Å². The molecule has 0 radical (unpaired) electrons. The van der Waals surface area contributed by atoms with Crippen molar-refractivity contribution in [3.05, 3.63) is 59.7 Å². The van der Waals surface area contributed by atoms with E-state index < -0.39 is 6.04 Å². The van der Waals surface area contributed by atoms with Gasteiger partial charge in [0.1, 0.15) is 5.75 Å².